The molecule has 0 aromatic rings. The molecule has 3 saturated heterocycles. The smallest absolute Gasteiger partial charge is 0.171 e. The highest BCUT2D eigenvalue weighted by molar-refractivity contribution is 5.09. The van der Waals surface area contributed by atoms with Gasteiger partial charge in [-0.15, -0.1) is 0 Å². The summed E-state index contributed by atoms with van der Waals surface area (Å²) in [5.74, 6) is 3.67. The molecule has 8 atom stereocenters. The molecule has 202 valence electrons. The van der Waals surface area contributed by atoms with Gasteiger partial charge in [0.25, 0.3) is 0 Å². The molecule has 0 aromatic carbocycles. The summed E-state index contributed by atoms with van der Waals surface area (Å²) < 4.78 is 39.1. The number of ether oxygens (including phenoxy) is 6. The Morgan fingerprint density at radius 1 is 0.583 bits per heavy atom. The second kappa shape index (κ2) is 8.89. The number of hydrogen-bond donors (Lipinski definition) is 0. The fraction of sp³-hybridized carbons (Fsp3) is 1.00. The topological polar surface area (TPSA) is 55.4 Å². The molecular formula is C30H46O6. The molecule has 8 rings (SSSR count). The first-order valence-corrected chi connectivity index (χ1v) is 15.5. The molecule has 0 aromatic heterocycles. The second-order valence-corrected chi connectivity index (χ2v) is 13.8. The van der Waals surface area contributed by atoms with Gasteiger partial charge in [0.1, 0.15) is 0 Å². The van der Waals surface area contributed by atoms with Gasteiger partial charge in [-0.1, -0.05) is 6.42 Å². The zero-order valence-corrected chi connectivity index (χ0v) is 22.0. The van der Waals surface area contributed by atoms with E-state index in [4.69, 9.17) is 28.4 Å². The number of rotatable bonds is 2. The first-order valence-electron chi connectivity index (χ1n) is 15.5. The zero-order valence-electron chi connectivity index (χ0n) is 22.0. The van der Waals surface area contributed by atoms with Crippen LogP contribution in [0.4, 0.5) is 0 Å². The maximum Gasteiger partial charge on any atom is 0.171 e. The average molecular weight is 503 g/mol. The van der Waals surface area contributed by atoms with Gasteiger partial charge in [-0.25, -0.2) is 0 Å². The highest BCUT2D eigenvalue weighted by atomic mass is 16.7. The highest BCUT2D eigenvalue weighted by Crippen LogP contribution is 2.63. The van der Waals surface area contributed by atoms with Gasteiger partial charge in [-0.2, -0.15) is 0 Å². The van der Waals surface area contributed by atoms with Crippen molar-refractivity contribution in [2.45, 2.75) is 113 Å². The molecule has 0 N–H and O–H groups in total. The molecule has 6 heteroatoms. The molecule has 6 nitrogen and oxygen atoms in total. The molecule has 8 unspecified atom stereocenters. The van der Waals surface area contributed by atoms with Crippen LogP contribution in [-0.4, -0.2) is 56.5 Å². The molecule has 5 aliphatic carbocycles. The van der Waals surface area contributed by atoms with Crippen LogP contribution in [0.25, 0.3) is 0 Å². The van der Waals surface area contributed by atoms with E-state index in [1.165, 1.54) is 57.8 Å². The highest BCUT2D eigenvalue weighted by Gasteiger charge is 2.65. The predicted octanol–water partition coefficient (Wildman–Crippen LogP) is 5.43. The SMILES string of the molecule is C1CCC2(CC1)OCCC(C1CC3CC1CC31OCC(C3CC4CC3C3(C4)OCCCO3)O1)CCO2. The van der Waals surface area contributed by atoms with E-state index >= 15 is 0 Å². The van der Waals surface area contributed by atoms with Gasteiger partial charge in [-0.3, -0.25) is 0 Å². The predicted molar refractivity (Wildman–Crippen MR) is 132 cm³/mol. The summed E-state index contributed by atoms with van der Waals surface area (Å²) in [5.41, 5.74) is 0. The maximum absolute atomic E-state index is 6.99. The van der Waals surface area contributed by atoms with E-state index in [0.717, 1.165) is 88.8 Å². The molecule has 3 heterocycles. The van der Waals surface area contributed by atoms with E-state index in [2.05, 4.69) is 0 Å². The van der Waals surface area contributed by atoms with E-state index < -0.39 is 0 Å². The van der Waals surface area contributed by atoms with Gasteiger partial charge in [-0.05, 0) is 87.4 Å². The van der Waals surface area contributed by atoms with Gasteiger partial charge in [0.2, 0.25) is 0 Å². The van der Waals surface area contributed by atoms with E-state index in [9.17, 15) is 0 Å². The third-order valence-electron chi connectivity index (χ3n) is 12.0. The van der Waals surface area contributed by atoms with Gasteiger partial charge in [0.15, 0.2) is 17.4 Å². The summed E-state index contributed by atoms with van der Waals surface area (Å²) in [5, 5.41) is 0. The van der Waals surface area contributed by atoms with Gasteiger partial charge < -0.3 is 28.4 Å². The van der Waals surface area contributed by atoms with Gasteiger partial charge in [0, 0.05) is 37.5 Å². The number of hydrogen-bond acceptors (Lipinski definition) is 6. The van der Waals surface area contributed by atoms with Crippen LogP contribution in [0.5, 0.6) is 0 Å². The minimum atomic E-state index is -0.316. The Labute approximate surface area is 216 Å². The van der Waals surface area contributed by atoms with Crippen molar-refractivity contribution in [3.05, 3.63) is 0 Å². The molecule has 4 bridgehead atoms. The van der Waals surface area contributed by atoms with Crippen molar-refractivity contribution in [3.8, 4) is 0 Å². The van der Waals surface area contributed by atoms with Crippen molar-refractivity contribution in [1.29, 1.82) is 0 Å². The summed E-state index contributed by atoms with van der Waals surface area (Å²) in [6, 6.07) is 0. The van der Waals surface area contributed by atoms with E-state index in [1.54, 1.807) is 0 Å². The Kier molecular flexibility index (Phi) is 5.83. The Hall–Kier alpha value is -0.240. The molecule has 3 spiro atoms. The first kappa shape index (κ1) is 23.6. The maximum atomic E-state index is 6.99. The normalized spacial score (nSPS) is 49.8. The van der Waals surface area contributed by atoms with Crippen LogP contribution in [0.2, 0.25) is 0 Å². The van der Waals surface area contributed by atoms with Crippen molar-refractivity contribution < 1.29 is 28.4 Å². The quantitative estimate of drug-likeness (QED) is 0.502. The summed E-state index contributed by atoms with van der Waals surface area (Å²) in [7, 11) is 0. The Morgan fingerprint density at radius 3 is 2.11 bits per heavy atom. The van der Waals surface area contributed by atoms with Crippen LogP contribution in [0, 0.1) is 41.4 Å². The zero-order chi connectivity index (χ0) is 23.8. The number of fused-ring (bicyclic) bond motifs is 6. The van der Waals surface area contributed by atoms with E-state index in [-0.39, 0.29) is 23.5 Å². The fourth-order valence-electron chi connectivity index (χ4n) is 10.5. The Balaban J connectivity index is 0.894. The minimum absolute atomic E-state index is 0.221. The molecule has 5 saturated carbocycles. The third-order valence-corrected chi connectivity index (χ3v) is 12.0. The van der Waals surface area contributed by atoms with E-state index in [1.807, 2.05) is 0 Å². The van der Waals surface area contributed by atoms with Gasteiger partial charge in [0.05, 0.1) is 39.1 Å². The van der Waals surface area contributed by atoms with Crippen LogP contribution in [0.3, 0.4) is 0 Å². The van der Waals surface area contributed by atoms with Crippen LogP contribution >= 0.6 is 0 Å². The van der Waals surface area contributed by atoms with Crippen LogP contribution in [0.1, 0.15) is 89.9 Å². The van der Waals surface area contributed by atoms with Crippen LogP contribution in [-0.2, 0) is 28.4 Å². The molecule has 8 aliphatic rings. The molecule has 36 heavy (non-hydrogen) atoms. The largest absolute Gasteiger partial charge is 0.350 e. The van der Waals surface area contributed by atoms with Crippen molar-refractivity contribution in [3.63, 3.8) is 0 Å². The Morgan fingerprint density at radius 2 is 1.39 bits per heavy atom. The minimum Gasteiger partial charge on any atom is -0.350 e. The summed E-state index contributed by atoms with van der Waals surface area (Å²) in [6.07, 6.45) is 16.9. The van der Waals surface area contributed by atoms with Crippen molar-refractivity contribution >= 4 is 0 Å². The lowest BCUT2D eigenvalue weighted by atomic mass is 9.74. The van der Waals surface area contributed by atoms with E-state index in [0.29, 0.717) is 17.8 Å². The van der Waals surface area contributed by atoms with Crippen molar-refractivity contribution in [2.24, 2.45) is 41.4 Å². The van der Waals surface area contributed by atoms with Gasteiger partial charge >= 0.3 is 0 Å². The lowest BCUT2D eigenvalue weighted by Gasteiger charge is -2.45. The molecule has 8 fully saturated rings. The van der Waals surface area contributed by atoms with Crippen LogP contribution in [0.15, 0.2) is 0 Å². The van der Waals surface area contributed by atoms with Crippen molar-refractivity contribution in [1.82, 2.24) is 0 Å². The monoisotopic (exact) mass is 502 g/mol. The average Bonchev–Trinajstić information content (AvgIpc) is 3.70. The molecule has 0 radical (unpaired) electrons. The summed E-state index contributed by atoms with van der Waals surface area (Å²) in [6.45, 7) is 4.21. The lowest BCUT2D eigenvalue weighted by Crippen LogP contribution is -2.50. The molecular weight excluding hydrogens is 456 g/mol. The summed E-state index contributed by atoms with van der Waals surface area (Å²) in [4.78, 5) is 0. The van der Waals surface area contributed by atoms with Crippen LogP contribution < -0.4 is 0 Å². The Bertz CT molecular complexity index is 808. The third kappa shape index (κ3) is 3.71. The van der Waals surface area contributed by atoms with Crippen molar-refractivity contribution in [2.75, 3.05) is 33.0 Å². The molecule has 3 aliphatic heterocycles. The standard InChI is InChI=1S/C30H46O6/c1-2-7-28(8-3-1)31-11-5-21(6-12-32-28)24-16-23-15-22(24)18-29(23)35-19-27(36-29)25-13-20-14-26(25)30(17-20)33-9-4-10-34-30/h20-27H,1-19H2. The lowest BCUT2D eigenvalue weighted by molar-refractivity contribution is -0.303. The first-order chi connectivity index (χ1) is 17.7. The summed E-state index contributed by atoms with van der Waals surface area (Å²) >= 11 is 0. The fourth-order valence-corrected chi connectivity index (χ4v) is 10.5. The second-order valence-electron chi connectivity index (χ2n) is 13.8. The molecule has 0 amide bonds.